The zero-order chi connectivity index (χ0) is 28.4. The molecule has 0 atom stereocenters. The van der Waals surface area contributed by atoms with Crippen LogP contribution >= 0.6 is 0 Å². The molecule has 0 aliphatic heterocycles. The van der Waals surface area contributed by atoms with Gasteiger partial charge in [0.25, 0.3) is 10.0 Å². The molecule has 10 nitrogen and oxygen atoms in total. The van der Waals surface area contributed by atoms with E-state index >= 15 is 0 Å². The number of carboxylic acids is 1. The fourth-order valence-electron chi connectivity index (χ4n) is 4.33. The van der Waals surface area contributed by atoms with Crippen molar-refractivity contribution < 1.29 is 32.0 Å². The second-order valence-electron chi connectivity index (χ2n) is 9.03. The Morgan fingerprint density at radius 1 is 1.02 bits per heavy atom. The molecule has 1 N–H and O–H groups in total. The van der Waals surface area contributed by atoms with Crippen molar-refractivity contribution in [3.63, 3.8) is 0 Å². The number of furan rings is 1. The molecule has 0 aliphatic carbocycles. The number of sulfonamides is 1. The molecular weight excluding hydrogens is 534 g/mol. The average molecular weight is 560 g/mol. The number of hydrogen-bond donors (Lipinski definition) is 1. The Hall–Kier alpha value is -4.90. The van der Waals surface area contributed by atoms with Crippen LogP contribution in [0, 0.1) is 13.8 Å². The predicted octanol–water partition coefficient (Wildman–Crippen LogP) is 5.72. The molecule has 11 heteroatoms. The molecule has 5 aromatic rings. The van der Waals surface area contributed by atoms with Crippen molar-refractivity contribution in [2.45, 2.75) is 25.3 Å². The van der Waals surface area contributed by atoms with E-state index in [1.165, 1.54) is 43.6 Å². The number of benzene rings is 2. The Morgan fingerprint density at radius 2 is 1.80 bits per heavy atom. The first kappa shape index (κ1) is 26.7. The lowest BCUT2D eigenvalue weighted by Gasteiger charge is -2.28. The molecule has 0 amide bonds. The van der Waals surface area contributed by atoms with E-state index < -0.39 is 16.0 Å². The molecule has 0 unspecified atom stereocenters. The van der Waals surface area contributed by atoms with E-state index in [4.69, 9.17) is 13.7 Å². The summed E-state index contributed by atoms with van der Waals surface area (Å²) in [6.45, 7) is 3.31. The van der Waals surface area contributed by atoms with Crippen LogP contribution in [0.2, 0.25) is 0 Å². The predicted molar refractivity (Wildman–Crippen MR) is 147 cm³/mol. The Balaban J connectivity index is 1.64. The molecule has 0 radical (unpaired) electrons. The van der Waals surface area contributed by atoms with Gasteiger partial charge in [-0.25, -0.2) is 13.2 Å². The Kier molecular flexibility index (Phi) is 7.14. The highest BCUT2D eigenvalue weighted by atomic mass is 32.2. The normalized spacial score (nSPS) is 11.4. The van der Waals surface area contributed by atoms with E-state index in [0.29, 0.717) is 45.4 Å². The standard InChI is InChI=1S/C29H25N3O7S/c1-18-13-21(27-15-25(31-39-27)26-11-6-19(2)38-26)14-24(29(33)34)28(18)32(17-20-5-4-12-30-16-20)40(35,36)23-9-7-22(37-3)8-10-23/h4-16H,17H2,1-3H3,(H,33,34). The summed E-state index contributed by atoms with van der Waals surface area (Å²) in [5.74, 6) is 0.702. The second kappa shape index (κ2) is 10.7. The first-order valence-corrected chi connectivity index (χ1v) is 13.6. The average Bonchev–Trinajstić information content (AvgIpc) is 3.61. The van der Waals surface area contributed by atoms with Crippen LogP contribution in [-0.2, 0) is 16.6 Å². The van der Waals surface area contributed by atoms with E-state index in [1.54, 1.807) is 49.5 Å². The smallest absolute Gasteiger partial charge is 0.337 e. The highest BCUT2D eigenvalue weighted by Gasteiger charge is 2.31. The minimum atomic E-state index is -4.22. The Labute approximate surface area is 230 Å². The van der Waals surface area contributed by atoms with Gasteiger partial charge in [-0.1, -0.05) is 11.2 Å². The molecular formula is C29H25N3O7S. The second-order valence-corrected chi connectivity index (χ2v) is 10.9. The summed E-state index contributed by atoms with van der Waals surface area (Å²) < 4.78 is 45.4. The number of aryl methyl sites for hydroxylation is 2. The van der Waals surface area contributed by atoms with Crippen LogP contribution < -0.4 is 9.04 Å². The van der Waals surface area contributed by atoms with Gasteiger partial charge in [-0.15, -0.1) is 0 Å². The van der Waals surface area contributed by atoms with Gasteiger partial charge < -0.3 is 18.8 Å². The van der Waals surface area contributed by atoms with E-state index in [2.05, 4.69) is 10.1 Å². The van der Waals surface area contributed by atoms with Crippen molar-refractivity contribution in [3.05, 3.63) is 102 Å². The third-order valence-electron chi connectivity index (χ3n) is 6.26. The number of carboxylic acid groups (broad SMARTS) is 1. The number of carbonyl (C=O) groups is 1. The lowest BCUT2D eigenvalue weighted by molar-refractivity contribution is 0.0697. The minimum absolute atomic E-state index is 0.0226. The third kappa shape index (κ3) is 5.19. The summed E-state index contributed by atoms with van der Waals surface area (Å²) in [6.07, 6.45) is 3.11. The third-order valence-corrected chi connectivity index (χ3v) is 8.02. The van der Waals surface area contributed by atoms with Crippen molar-refractivity contribution >= 4 is 21.7 Å². The highest BCUT2D eigenvalue weighted by Crippen LogP contribution is 2.37. The summed E-state index contributed by atoms with van der Waals surface area (Å²) in [4.78, 5) is 16.6. The maximum atomic E-state index is 14.0. The molecule has 0 fully saturated rings. The van der Waals surface area contributed by atoms with Gasteiger partial charge in [0, 0.05) is 24.0 Å². The van der Waals surface area contributed by atoms with Gasteiger partial charge >= 0.3 is 5.97 Å². The van der Waals surface area contributed by atoms with Crippen LogP contribution in [0.15, 0.2) is 93.0 Å². The summed E-state index contributed by atoms with van der Waals surface area (Å²) in [5.41, 5.74) is 1.65. The number of nitrogens with zero attached hydrogens (tertiary/aromatic N) is 3. The maximum Gasteiger partial charge on any atom is 0.337 e. The van der Waals surface area contributed by atoms with Crippen LogP contribution in [0.1, 0.15) is 27.2 Å². The first-order chi connectivity index (χ1) is 19.2. The summed E-state index contributed by atoms with van der Waals surface area (Å²) in [6, 6.07) is 17.5. The number of hydrogen-bond acceptors (Lipinski definition) is 8. The molecule has 204 valence electrons. The first-order valence-electron chi connectivity index (χ1n) is 12.1. The van der Waals surface area contributed by atoms with E-state index in [1.807, 2.05) is 6.92 Å². The number of aromatic carboxylic acids is 1. The van der Waals surface area contributed by atoms with Crippen molar-refractivity contribution in [2.75, 3.05) is 11.4 Å². The largest absolute Gasteiger partial charge is 0.497 e. The summed E-state index contributed by atoms with van der Waals surface area (Å²) >= 11 is 0. The molecule has 0 saturated heterocycles. The molecule has 3 aromatic heterocycles. The molecule has 3 heterocycles. The molecule has 0 saturated carbocycles. The molecule has 0 aliphatic rings. The molecule has 2 aromatic carbocycles. The van der Waals surface area contributed by atoms with Gasteiger partial charge in [0.15, 0.2) is 11.5 Å². The molecule has 0 spiro atoms. The van der Waals surface area contributed by atoms with Gasteiger partial charge in [-0.2, -0.15) is 0 Å². The summed E-state index contributed by atoms with van der Waals surface area (Å²) in [7, 11) is -2.74. The van der Waals surface area contributed by atoms with Crippen LogP contribution in [0.3, 0.4) is 0 Å². The fraction of sp³-hybridized carbons (Fsp3) is 0.138. The highest BCUT2D eigenvalue weighted by molar-refractivity contribution is 7.92. The van der Waals surface area contributed by atoms with Gasteiger partial charge in [0.2, 0.25) is 0 Å². The zero-order valence-electron chi connectivity index (χ0n) is 21.9. The van der Waals surface area contributed by atoms with E-state index in [0.717, 1.165) is 4.31 Å². The lowest BCUT2D eigenvalue weighted by Crippen LogP contribution is -2.32. The zero-order valence-corrected chi connectivity index (χ0v) is 22.7. The SMILES string of the molecule is COc1ccc(S(=O)(=O)N(Cc2cccnc2)c2c(C)cc(-c3cc(-c4ccc(C)o4)no3)cc2C(=O)O)cc1. The topological polar surface area (TPSA) is 136 Å². The number of pyridine rings is 1. The molecule has 5 rings (SSSR count). The lowest BCUT2D eigenvalue weighted by atomic mass is 10.0. The van der Waals surface area contributed by atoms with Crippen LogP contribution in [0.5, 0.6) is 5.75 Å². The monoisotopic (exact) mass is 559 g/mol. The van der Waals surface area contributed by atoms with Crippen molar-refractivity contribution in [2.24, 2.45) is 0 Å². The van der Waals surface area contributed by atoms with Crippen molar-refractivity contribution in [1.29, 1.82) is 0 Å². The number of rotatable bonds is 9. The number of anilines is 1. The molecule has 0 bridgehead atoms. The number of ether oxygens (including phenoxy) is 1. The van der Waals surface area contributed by atoms with E-state index in [-0.39, 0.29) is 22.7 Å². The van der Waals surface area contributed by atoms with Gasteiger partial charge in [0.1, 0.15) is 17.2 Å². The van der Waals surface area contributed by atoms with Crippen molar-refractivity contribution in [3.8, 4) is 28.5 Å². The summed E-state index contributed by atoms with van der Waals surface area (Å²) in [5, 5.41) is 14.3. The quantitative estimate of drug-likeness (QED) is 0.241. The maximum absolute atomic E-state index is 14.0. The van der Waals surface area contributed by atoms with Crippen LogP contribution in [0.25, 0.3) is 22.8 Å². The Morgan fingerprint density at radius 3 is 2.42 bits per heavy atom. The number of aromatic nitrogens is 2. The molecule has 40 heavy (non-hydrogen) atoms. The number of methoxy groups -OCH3 is 1. The van der Waals surface area contributed by atoms with Gasteiger partial charge in [-0.05, 0) is 79.6 Å². The van der Waals surface area contributed by atoms with Gasteiger partial charge in [0.05, 0.1) is 29.8 Å². The minimum Gasteiger partial charge on any atom is -0.497 e. The van der Waals surface area contributed by atoms with Gasteiger partial charge in [-0.3, -0.25) is 9.29 Å². The van der Waals surface area contributed by atoms with E-state index in [9.17, 15) is 18.3 Å². The van der Waals surface area contributed by atoms with Crippen LogP contribution in [-0.4, -0.2) is 36.7 Å². The Bertz CT molecular complexity index is 1780. The van der Waals surface area contributed by atoms with Crippen LogP contribution in [0.4, 0.5) is 5.69 Å². The van der Waals surface area contributed by atoms with Crippen molar-refractivity contribution in [1.82, 2.24) is 10.1 Å². The fourth-order valence-corrected chi connectivity index (χ4v) is 5.87.